The summed E-state index contributed by atoms with van der Waals surface area (Å²) in [5.41, 5.74) is 7.24. The second-order valence-electron chi connectivity index (χ2n) is 7.32. The van der Waals surface area contributed by atoms with Crippen LogP contribution in [0.1, 0.15) is 10.4 Å². The van der Waals surface area contributed by atoms with Crippen molar-refractivity contribution in [3.05, 3.63) is 42.4 Å². The molecule has 12 heteroatoms. The number of carbonyl (C=O) groups excluding carboxylic acids is 1. The fourth-order valence-electron chi connectivity index (χ4n) is 3.44. The Hall–Kier alpha value is -3.90. The zero-order chi connectivity index (χ0) is 22.8. The highest BCUT2D eigenvalue weighted by molar-refractivity contribution is 7.23. The summed E-state index contributed by atoms with van der Waals surface area (Å²) >= 11 is 1.54. The van der Waals surface area contributed by atoms with E-state index >= 15 is 0 Å². The first-order valence-corrected chi connectivity index (χ1v) is 11.2. The monoisotopic (exact) mass is 464 g/mol. The molecule has 0 atom stereocenters. The minimum atomic E-state index is -0.539. The van der Waals surface area contributed by atoms with Gasteiger partial charge in [0.1, 0.15) is 17.6 Å². The van der Waals surface area contributed by atoms with E-state index in [0.29, 0.717) is 30.5 Å². The Bertz CT molecular complexity index is 1290. The molecular weight excluding hydrogens is 442 g/mol. The van der Waals surface area contributed by atoms with Gasteiger partial charge in [-0.3, -0.25) is 4.79 Å². The number of aromatic nitrogens is 5. The molecule has 0 spiro atoms. The highest BCUT2D eigenvalue weighted by Gasteiger charge is 2.21. The lowest BCUT2D eigenvalue weighted by atomic mass is 10.2. The summed E-state index contributed by atoms with van der Waals surface area (Å²) in [5.74, 6) is 2.21. The van der Waals surface area contributed by atoms with Crippen molar-refractivity contribution < 1.29 is 14.5 Å². The lowest BCUT2D eigenvalue weighted by Gasteiger charge is -2.28. The molecule has 4 aromatic rings. The smallest absolute Gasteiger partial charge is 0.378 e. The highest BCUT2D eigenvalue weighted by Crippen LogP contribution is 2.37. The Morgan fingerprint density at radius 1 is 1.21 bits per heavy atom. The van der Waals surface area contributed by atoms with Crippen molar-refractivity contribution in [2.45, 2.75) is 0 Å². The quantitative estimate of drug-likeness (QED) is 0.388. The molecule has 5 rings (SSSR count). The Morgan fingerprint density at radius 3 is 2.73 bits per heavy atom. The van der Waals surface area contributed by atoms with Crippen molar-refractivity contribution in [2.24, 2.45) is 5.73 Å². The van der Waals surface area contributed by atoms with Gasteiger partial charge >= 0.3 is 5.95 Å². The molecule has 4 aromatic heterocycles. The number of amides is 1. The maximum Gasteiger partial charge on any atom is 0.394 e. The van der Waals surface area contributed by atoms with E-state index in [0.717, 1.165) is 45.5 Å². The van der Waals surface area contributed by atoms with Crippen LogP contribution >= 0.6 is 11.3 Å². The first kappa shape index (κ1) is 21.0. The largest absolute Gasteiger partial charge is 0.394 e. The van der Waals surface area contributed by atoms with E-state index in [-0.39, 0.29) is 0 Å². The fourth-order valence-corrected chi connectivity index (χ4v) is 4.46. The summed E-state index contributed by atoms with van der Waals surface area (Å²) in [6, 6.07) is 5.81. The van der Waals surface area contributed by atoms with Crippen LogP contribution in [0, 0.1) is 0 Å². The SMILES string of the molecule is CNc1ccc(-c2nc(N3CCOCC3)c3sc(Nc4ncc(C(N)=O)c[nH+]4)cc3n2)cn1. The zero-order valence-electron chi connectivity index (χ0n) is 17.8. The van der Waals surface area contributed by atoms with Crippen molar-refractivity contribution in [2.75, 3.05) is 48.9 Å². The number of hydrogen-bond donors (Lipinski definition) is 3. The normalized spacial score (nSPS) is 13.8. The van der Waals surface area contributed by atoms with E-state index in [9.17, 15) is 4.79 Å². The molecule has 0 saturated carbocycles. The predicted molar refractivity (Wildman–Crippen MR) is 126 cm³/mol. The third-order valence-electron chi connectivity index (χ3n) is 5.17. The molecule has 0 unspecified atom stereocenters. The van der Waals surface area contributed by atoms with Gasteiger partial charge in [0.25, 0.3) is 5.91 Å². The molecular formula is C21H22N9O2S+. The lowest BCUT2D eigenvalue weighted by Crippen LogP contribution is -2.36. The molecule has 0 aliphatic carbocycles. The molecule has 1 aliphatic rings. The van der Waals surface area contributed by atoms with Gasteiger partial charge in [0.15, 0.2) is 16.6 Å². The molecule has 11 nitrogen and oxygen atoms in total. The summed E-state index contributed by atoms with van der Waals surface area (Å²) in [6.45, 7) is 2.82. The number of thiophene rings is 1. The van der Waals surface area contributed by atoms with Gasteiger partial charge in [-0.1, -0.05) is 16.3 Å². The van der Waals surface area contributed by atoms with Crippen molar-refractivity contribution in [1.82, 2.24) is 19.9 Å². The fraction of sp³-hybridized carbons (Fsp3) is 0.238. The van der Waals surface area contributed by atoms with E-state index in [1.807, 2.05) is 25.2 Å². The number of hydrogen-bond acceptors (Lipinski definition) is 10. The number of carbonyl (C=O) groups is 1. The third-order valence-corrected chi connectivity index (χ3v) is 6.20. The molecule has 1 amide bonds. The van der Waals surface area contributed by atoms with E-state index in [1.165, 1.54) is 23.7 Å². The van der Waals surface area contributed by atoms with Gasteiger partial charge < -0.3 is 20.7 Å². The standard InChI is InChI=1S/C21H21N9O2S/c1-23-15-3-2-12(9-24-15)19-27-14-8-16(28-21-25-10-13(11-26-21)18(22)31)33-17(14)20(29-19)30-4-6-32-7-5-30/h2-3,8-11H,4-7H2,1H3,(H2,22,31)(H,23,24)(H,25,26,28)/p+1. The van der Waals surface area contributed by atoms with Gasteiger partial charge in [-0.05, 0) is 12.1 Å². The average Bonchev–Trinajstić information content (AvgIpc) is 3.26. The van der Waals surface area contributed by atoms with Crippen LogP contribution in [0.4, 0.5) is 22.6 Å². The van der Waals surface area contributed by atoms with Gasteiger partial charge in [-0.2, -0.15) is 0 Å². The predicted octanol–water partition coefficient (Wildman–Crippen LogP) is 1.68. The number of morpholine rings is 1. The van der Waals surface area contributed by atoms with Gasteiger partial charge in [-0.25, -0.2) is 25.3 Å². The van der Waals surface area contributed by atoms with E-state index in [2.05, 4.69) is 30.5 Å². The summed E-state index contributed by atoms with van der Waals surface area (Å²) < 4.78 is 6.50. The zero-order valence-corrected chi connectivity index (χ0v) is 18.6. The number of nitrogens with two attached hydrogens (primary N) is 1. The first-order valence-electron chi connectivity index (χ1n) is 10.3. The van der Waals surface area contributed by atoms with Gasteiger partial charge in [-0.15, -0.1) is 0 Å². The molecule has 0 radical (unpaired) electrons. The van der Waals surface area contributed by atoms with Crippen LogP contribution in [-0.2, 0) is 4.74 Å². The van der Waals surface area contributed by atoms with E-state index < -0.39 is 5.91 Å². The Labute approximate surface area is 193 Å². The second-order valence-corrected chi connectivity index (χ2v) is 8.37. The van der Waals surface area contributed by atoms with Gasteiger partial charge in [0, 0.05) is 38.0 Å². The molecule has 5 N–H and O–H groups in total. The summed E-state index contributed by atoms with van der Waals surface area (Å²) in [5, 5.41) is 7.09. The van der Waals surface area contributed by atoms with Crippen molar-refractivity contribution >= 4 is 50.0 Å². The van der Waals surface area contributed by atoms with Crippen LogP contribution in [0.25, 0.3) is 21.6 Å². The van der Waals surface area contributed by atoms with Crippen molar-refractivity contribution in [1.29, 1.82) is 0 Å². The number of rotatable bonds is 6. The molecule has 0 bridgehead atoms. The van der Waals surface area contributed by atoms with Crippen molar-refractivity contribution in [3.63, 3.8) is 0 Å². The highest BCUT2D eigenvalue weighted by atomic mass is 32.1. The van der Waals surface area contributed by atoms with Crippen LogP contribution in [-0.4, -0.2) is 59.2 Å². The minimum Gasteiger partial charge on any atom is -0.378 e. The summed E-state index contributed by atoms with van der Waals surface area (Å²) in [6.07, 6.45) is 4.71. The van der Waals surface area contributed by atoms with Gasteiger partial charge in [0.2, 0.25) is 0 Å². The van der Waals surface area contributed by atoms with Crippen LogP contribution in [0.3, 0.4) is 0 Å². The molecule has 5 heterocycles. The first-order chi connectivity index (χ1) is 16.1. The van der Waals surface area contributed by atoms with Crippen LogP contribution in [0.2, 0.25) is 0 Å². The number of fused-ring (bicyclic) bond motifs is 1. The number of ether oxygens (including phenoxy) is 1. The number of nitrogens with zero attached hydrogens (tertiary/aromatic N) is 5. The number of H-pyrrole nitrogens is 1. The Balaban J connectivity index is 1.54. The molecule has 1 aliphatic heterocycles. The van der Waals surface area contributed by atoms with Crippen molar-refractivity contribution in [3.8, 4) is 11.4 Å². The maximum atomic E-state index is 11.3. The minimum absolute atomic E-state index is 0.305. The Kier molecular flexibility index (Phi) is 5.67. The molecule has 33 heavy (non-hydrogen) atoms. The van der Waals surface area contributed by atoms with Crippen LogP contribution in [0.5, 0.6) is 0 Å². The van der Waals surface area contributed by atoms with Crippen LogP contribution < -0.4 is 26.3 Å². The molecule has 168 valence electrons. The number of aromatic amines is 1. The number of nitrogens with one attached hydrogen (secondary N) is 3. The molecule has 1 fully saturated rings. The summed E-state index contributed by atoms with van der Waals surface area (Å²) in [7, 11) is 1.83. The maximum absolute atomic E-state index is 11.3. The lowest BCUT2D eigenvalue weighted by molar-refractivity contribution is -0.364. The van der Waals surface area contributed by atoms with Crippen LogP contribution in [0.15, 0.2) is 36.8 Å². The molecule has 0 aromatic carbocycles. The third kappa shape index (κ3) is 4.38. The van der Waals surface area contributed by atoms with E-state index in [4.69, 9.17) is 20.4 Å². The van der Waals surface area contributed by atoms with E-state index in [1.54, 1.807) is 6.20 Å². The topological polar surface area (TPSA) is 145 Å². The summed E-state index contributed by atoms with van der Waals surface area (Å²) in [4.78, 5) is 34.8. The molecule has 1 saturated heterocycles. The average molecular weight is 465 g/mol. The second kappa shape index (κ2) is 8.92. The number of pyridine rings is 1. The number of primary amides is 1. The Morgan fingerprint density at radius 2 is 2.06 bits per heavy atom. The van der Waals surface area contributed by atoms with Gasteiger partial charge in [0.05, 0.1) is 29.6 Å². The number of anilines is 4.